The number of rotatable bonds is 1. The maximum absolute atomic E-state index is 5.74. The SMILES string of the molecule is CC1CN(c2ccnc(Cl)n2)CCN1.Cl. The van der Waals surface area contributed by atoms with Gasteiger partial charge in [-0.05, 0) is 24.6 Å². The van der Waals surface area contributed by atoms with Crippen molar-refractivity contribution in [1.82, 2.24) is 15.3 Å². The van der Waals surface area contributed by atoms with E-state index in [9.17, 15) is 0 Å². The summed E-state index contributed by atoms with van der Waals surface area (Å²) in [7, 11) is 0. The third-order valence-corrected chi connectivity index (χ3v) is 2.49. The number of nitrogens with one attached hydrogen (secondary N) is 1. The van der Waals surface area contributed by atoms with Crippen molar-refractivity contribution in [2.75, 3.05) is 24.5 Å². The van der Waals surface area contributed by atoms with Crippen LogP contribution < -0.4 is 10.2 Å². The van der Waals surface area contributed by atoms with Gasteiger partial charge in [0.2, 0.25) is 5.28 Å². The molecule has 84 valence electrons. The number of piperazine rings is 1. The molecule has 0 bridgehead atoms. The lowest BCUT2D eigenvalue weighted by atomic mass is 10.2. The smallest absolute Gasteiger partial charge is 0.224 e. The van der Waals surface area contributed by atoms with Gasteiger partial charge in [-0.25, -0.2) is 9.97 Å². The molecule has 1 aliphatic heterocycles. The zero-order valence-electron chi connectivity index (χ0n) is 8.48. The highest BCUT2D eigenvalue weighted by molar-refractivity contribution is 6.28. The Kier molecular flexibility index (Phi) is 4.57. The fraction of sp³-hybridized carbons (Fsp3) is 0.556. The van der Waals surface area contributed by atoms with Crippen molar-refractivity contribution in [3.63, 3.8) is 0 Å². The van der Waals surface area contributed by atoms with Crippen molar-refractivity contribution >= 4 is 29.8 Å². The summed E-state index contributed by atoms with van der Waals surface area (Å²) in [5, 5.41) is 3.69. The summed E-state index contributed by atoms with van der Waals surface area (Å²) in [4.78, 5) is 10.3. The topological polar surface area (TPSA) is 41.1 Å². The van der Waals surface area contributed by atoms with Gasteiger partial charge in [0.1, 0.15) is 5.82 Å². The van der Waals surface area contributed by atoms with Crippen LogP contribution in [0.4, 0.5) is 5.82 Å². The van der Waals surface area contributed by atoms with Crippen LogP contribution in [0.15, 0.2) is 12.3 Å². The molecule has 1 saturated heterocycles. The Morgan fingerprint density at radius 2 is 2.40 bits per heavy atom. The van der Waals surface area contributed by atoms with Gasteiger partial charge >= 0.3 is 0 Å². The van der Waals surface area contributed by atoms with Crippen molar-refractivity contribution < 1.29 is 0 Å². The fourth-order valence-electron chi connectivity index (χ4n) is 1.64. The molecule has 2 heterocycles. The average molecular weight is 249 g/mol. The van der Waals surface area contributed by atoms with Crippen molar-refractivity contribution in [3.05, 3.63) is 17.5 Å². The molecule has 0 radical (unpaired) electrons. The molecular formula is C9H14Cl2N4. The first kappa shape index (κ1) is 12.5. The zero-order chi connectivity index (χ0) is 9.97. The lowest BCUT2D eigenvalue weighted by molar-refractivity contribution is 0.482. The van der Waals surface area contributed by atoms with E-state index >= 15 is 0 Å². The Balaban J connectivity index is 0.00000112. The lowest BCUT2D eigenvalue weighted by Crippen LogP contribution is -2.49. The van der Waals surface area contributed by atoms with E-state index in [4.69, 9.17) is 11.6 Å². The van der Waals surface area contributed by atoms with Crippen LogP contribution in [0, 0.1) is 0 Å². The highest BCUT2D eigenvalue weighted by atomic mass is 35.5. The van der Waals surface area contributed by atoms with Crippen molar-refractivity contribution in [2.24, 2.45) is 0 Å². The molecule has 1 aliphatic rings. The molecule has 1 unspecified atom stereocenters. The summed E-state index contributed by atoms with van der Waals surface area (Å²) in [6.07, 6.45) is 1.69. The molecule has 0 saturated carbocycles. The fourth-order valence-corrected chi connectivity index (χ4v) is 1.79. The number of halogens is 2. The summed E-state index contributed by atoms with van der Waals surface area (Å²) < 4.78 is 0. The Bertz CT molecular complexity index is 321. The molecule has 1 N–H and O–H groups in total. The second-order valence-electron chi connectivity index (χ2n) is 3.49. The van der Waals surface area contributed by atoms with E-state index in [-0.39, 0.29) is 12.4 Å². The lowest BCUT2D eigenvalue weighted by Gasteiger charge is -2.32. The highest BCUT2D eigenvalue weighted by Gasteiger charge is 2.16. The molecule has 1 aromatic heterocycles. The van der Waals surface area contributed by atoms with E-state index in [1.165, 1.54) is 0 Å². The van der Waals surface area contributed by atoms with Gasteiger partial charge in [-0.15, -0.1) is 12.4 Å². The minimum Gasteiger partial charge on any atom is -0.354 e. The van der Waals surface area contributed by atoms with Gasteiger partial charge in [0.15, 0.2) is 0 Å². The van der Waals surface area contributed by atoms with Crippen LogP contribution in [-0.4, -0.2) is 35.6 Å². The van der Waals surface area contributed by atoms with Gasteiger partial charge in [-0.2, -0.15) is 0 Å². The third-order valence-electron chi connectivity index (χ3n) is 2.30. The van der Waals surface area contributed by atoms with Gasteiger partial charge in [-0.3, -0.25) is 0 Å². The molecule has 15 heavy (non-hydrogen) atoms. The first-order chi connectivity index (χ1) is 6.75. The molecule has 1 atom stereocenters. The number of nitrogens with zero attached hydrogens (tertiary/aromatic N) is 3. The molecule has 0 amide bonds. The van der Waals surface area contributed by atoms with Crippen molar-refractivity contribution in [1.29, 1.82) is 0 Å². The number of hydrogen-bond donors (Lipinski definition) is 1. The Morgan fingerprint density at radius 3 is 3.07 bits per heavy atom. The van der Waals surface area contributed by atoms with Crippen molar-refractivity contribution in [3.8, 4) is 0 Å². The molecule has 1 fully saturated rings. The van der Waals surface area contributed by atoms with E-state index in [0.717, 1.165) is 25.5 Å². The minimum atomic E-state index is 0. The summed E-state index contributed by atoms with van der Waals surface area (Å²) in [6.45, 7) is 5.09. The van der Waals surface area contributed by atoms with Crippen LogP contribution in [-0.2, 0) is 0 Å². The van der Waals surface area contributed by atoms with Gasteiger partial charge < -0.3 is 10.2 Å². The summed E-state index contributed by atoms with van der Waals surface area (Å²) in [5.74, 6) is 0.915. The molecule has 4 nitrogen and oxygen atoms in total. The first-order valence-corrected chi connectivity index (χ1v) is 5.10. The zero-order valence-corrected chi connectivity index (χ0v) is 10.1. The molecule has 0 aromatic carbocycles. The summed E-state index contributed by atoms with van der Waals surface area (Å²) >= 11 is 5.74. The maximum Gasteiger partial charge on any atom is 0.224 e. The molecule has 2 rings (SSSR count). The highest BCUT2D eigenvalue weighted by Crippen LogP contribution is 2.13. The van der Waals surface area contributed by atoms with Crippen LogP contribution in [0.5, 0.6) is 0 Å². The van der Waals surface area contributed by atoms with Gasteiger partial charge in [0.25, 0.3) is 0 Å². The largest absolute Gasteiger partial charge is 0.354 e. The van der Waals surface area contributed by atoms with Gasteiger partial charge in [0.05, 0.1) is 0 Å². The monoisotopic (exact) mass is 248 g/mol. The molecule has 0 spiro atoms. The molecule has 6 heteroatoms. The number of aromatic nitrogens is 2. The van der Waals surface area contributed by atoms with Crippen LogP contribution in [0.25, 0.3) is 0 Å². The quantitative estimate of drug-likeness (QED) is 0.763. The molecular weight excluding hydrogens is 235 g/mol. The number of hydrogen-bond acceptors (Lipinski definition) is 4. The Hall–Kier alpha value is -0.580. The van der Waals surface area contributed by atoms with Crippen LogP contribution >= 0.6 is 24.0 Å². The minimum absolute atomic E-state index is 0. The van der Waals surface area contributed by atoms with E-state index in [2.05, 4.69) is 27.1 Å². The normalized spacial score (nSPS) is 20.9. The van der Waals surface area contributed by atoms with Crippen LogP contribution in [0.3, 0.4) is 0 Å². The second-order valence-corrected chi connectivity index (χ2v) is 3.82. The van der Waals surface area contributed by atoms with Crippen LogP contribution in [0.1, 0.15) is 6.92 Å². The standard InChI is InChI=1S/C9H13ClN4.ClH/c1-7-6-14(5-4-11-7)8-2-3-12-9(10)13-8;/h2-3,7,11H,4-6H2,1H3;1H. The Morgan fingerprint density at radius 1 is 1.60 bits per heavy atom. The van der Waals surface area contributed by atoms with Crippen molar-refractivity contribution in [2.45, 2.75) is 13.0 Å². The second kappa shape index (κ2) is 5.49. The van der Waals surface area contributed by atoms with E-state index in [0.29, 0.717) is 11.3 Å². The Labute approximate surface area is 100 Å². The molecule has 0 aliphatic carbocycles. The van der Waals surface area contributed by atoms with E-state index in [1.807, 2.05) is 6.07 Å². The van der Waals surface area contributed by atoms with E-state index in [1.54, 1.807) is 6.20 Å². The first-order valence-electron chi connectivity index (χ1n) is 4.72. The summed E-state index contributed by atoms with van der Waals surface area (Å²) in [5.41, 5.74) is 0. The third kappa shape index (κ3) is 3.19. The predicted molar refractivity (Wildman–Crippen MR) is 64.0 cm³/mol. The predicted octanol–water partition coefficient (Wildman–Crippen LogP) is 1.35. The number of anilines is 1. The van der Waals surface area contributed by atoms with E-state index < -0.39 is 0 Å². The molecule has 1 aromatic rings. The maximum atomic E-state index is 5.74. The van der Waals surface area contributed by atoms with Crippen LogP contribution in [0.2, 0.25) is 5.28 Å². The average Bonchev–Trinajstić information content (AvgIpc) is 2.18. The van der Waals surface area contributed by atoms with Gasteiger partial charge in [-0.1, -0.05) is 0 Å². The summed E-state index contributed by atoms with van der Waals surface area (Å²) in [6, 6.07) is 2.39. The van der Waals surface area contributed by atoms with Gasteiger partial charge in [0, 0.05) is 31.9 Å².